The van der Waals surface area contributed by atoms with Gasteiger partial charge in [0.15, 0.2) is 0 Å². The third-order valence-corrected chi connectivity index (χ3v) is 3.13. The van der Waals surface area contributed by atoms with Crippen LogP contribution in [0, 0.1) is 0 Å². The standard InChI is InChI=1S/C15H22O3.K/c1-2-3-4-5-6-7-9-12-10-8-11-13(16)14(12)15(17)18;/h8,10-11,16H,2-7,9H2,1H3,(H,17,18);/q;+1/p-1. The zero-order valence-electron chi connectivity index (χ0n) is 11.9. The van der Waals surface area contributed by atoms with E-state index in [1.54, 1.807) is 12.1 Å². The van der Waals surface area contributed by atoms with E-state index in [1.807, 2.05) is 0 Å². The molecule has 0 aliphatic heterocycles. The quantitative estimate of drug-likeness (QED) is 0.555. The minimum atomic E-state index is -1.11. The van der Waals surface area contributed by atoms with Crippen molar-refractivity contribution in [2.75, 3.05) is 0 Å². The monoisotopic (exact) mass is 288 g/mol. The fraction of sp³-hybridized carbons (Fsp3) is 0.533. The van der Waals surface area contributed by atoms with E-state index in [0.29, 0.717) is 12.0 Å². The summed E-state index contributed by atoms with van der Waals surface area (Å²) >= 11 is 0. The molecule has 0 saturated heterocycles. The van der Waals surface area contributed by atoms with Gasteiger partial charge in [0, 0.05) is 0 Å². The van der Waals surface area contributed by atoms with E-state index in [9.17, 15) is 9.90 Å². The third-order valence-electron chi connectivity index (χ3n) is 3.13. The minimum Gasteiger partial charge on any atom is -0.872 e. The SMILES string of the molecule is CCCCCCCCc1cccc([O-])c1C(=O)O.[K+]. The maximum absolute atomic E-state index is 11.5. The Morgan fingerprint density at radius 2 is 1.79 bits per heavy atom. The first-order valence-electron chi connectivity index (χ1n) is 6.69. The Morgan fingerprint density at radius 1 is 1.16 bits per heavy atom. The Labute approximate surface area is 157 Å². The van der Waals surface area contributed by atoms with Gasteiger partial charge in [-0.15, -0.1) is 0 Å². The molecule has 0 unspecified atom stereocenters. The topological polar surface area (TPSA) is 60.4 Å². The van der Waals surface area contributed by atoms with E-state index in [-0.39, 0.29) is 62.7 Å². The molecule has 0 aliphatic carbocycles. The van der Waals surface area contributed by atoms with Crippen LogP contribution in [0.3, 0.4) is 0 Å². The van der Waals surface area contributed by atoms with E-state index in [1.165, 1.54) is 31.7 Å². The van der Waals surface area contributed by atoms with Crippen molar-refractivity contribution in [2.24, 2.45) is 0 Å². The third kappa shape index (κ3) is 6.91. The molecule has 0 spiro atoms. The number of carboxylic acid groups (broad SMARTS) is 1. The smallest absolute Gasteiger partial charge is 0.872 e. The number of hydrogen-bond acceptors (Lipinski definition) is 2. The Bertz CT molecular complexity index is 391. The van der Waals surface area contributed by atoms with Crippen LogP contribution in [0.25, 0.3) is 0 Å². The number of hydrogen-bond donors (Lipinski definition) is 1. The second-order valence-electron chi connectivity index (χ2n) is 4.61. The Hall–Kier alpha value is 0.126. The van der Waals surface area contributed by atoms with Crippen molar-refractivity contribution in [3.63, 3.8) is 0 Å². The van der Waals surface area contributed by atoms with Crippen molar-refractivity contribution in [3.8, 4) is 5.75 Å². The molecule has 0 bridgehead atoms. The van der Waals surface area contributed by atoms with Gasteiger partial charge in [-0.05, 0) is 18.4 Å². The fourth-order valence-electron chi connectivity index (χ4n) is 2.12. The first-order chi connectivity index (χ1) is 8.66. The van der Waals surface area contributed by atoms with E-state index in [4.69, 9.17) is 5.11 Å². The fourth-order valence-corrected chi connectivity index (χ4v) is 2.12. The zero-order valence-corrected chi connectivity index (χ0v) is 15.1. The average Bonchev–Trinajstić information content (AvgIpc) is 2.33. The van der Waals surface area contributed by atoms with Crippen LogP contribution in [0.4, 0.5) is 0 Å². The summed E-state index contributed by atoms with van der Waals surface area (Å²) in [6.07, 6.45) is 7.65. The predicted molar refractivity (Wildman–Crippen MR) is 69.9 cm³/mol. The van der Waals surface area contributed by atoms with E-state index >= 15 is 0 Å². The molecule has 0 aliphatic rings. The Kier molecular flexibility index (Phi) is 10.9. The van der Waals surface area contributed by atoms with E-state index < -0.39 is 5.97 Å². The first-order valence-corrected chi connectivity index (χ1v) is 6.69. The predicted octanol–water partition coefficient (Wildman–Crippen LogP) is 0.365. The molecular weight excluding hydrogens is 267 g/mol. The van der Waals surface area contributed by atoms with E-state index in [2.05, 4.69) is 6.92 Å². The summed E-state index contributed by atoms with van der Waals surface area (Å²) in [7, 11) is 0. The molecule has 1 aromatic rings. The minimum absolute atomic E-state index is 0. The summed E-state index contributed by atoms with van der Waals surface area (Å²) in [6, 6.07) is 4.70. The molecule has 0 atom stereocenters. The number of benzene rings is 1. The first kappa shape index (κ1) is 19.1. The molecule has 0 aromatic heterocycles. The molecule has 0 heterocycles. The molecule has 0 fully saturated rings. The largest absolute Gasteiger partial charge is 1.00 e. The van der Waals surface area contributed by atoms with Gasteiger partial charge < -0.3 is 10.2 Å². The number of unbranched alkanes of at least 4 members (excludes halogenated alkanes) is 5. The van der Waals surface area contributed by atoms with Crippen LogP contribution in [0.5, 0.6) is 5.75 Å². The number of aromatic carboxylic acids is 1. The normalized spacial score (nSPS) is 9.95. The molecule has 0 radical (unpaired) electrons. The number of aryl methyl sites for hydroxylation is 1. The summed E-state index contributed by atoms with van der Waals surface area (Å²) in [5.74, 6) is -1.49. The Morgan fingerprint density at radius 3 is 2.42 bits per heavy atom. The molecule has 0 saturated carbocycles. The van der Waals surface area contributed by atoms with Crippen molar-refractivity contribution in [2.45, 2.75) is 51.9 Å². The van der Waals surface area contributed by atoms with Gasteiger partial charge in [-0.3, -0.25) is 0 Å². The van der Waals surface area contributed by atoms with Gasteiger partial charge in [0.25, 0.3) is 0 Å². The molecule has 19 heavy (non-hydrogen) atoms. The van der Waals surface area contributed by atoms with Crippen LogP contribution in [0.2, 0.25) is 0 Å². The Balaban J connectivity index is 0.00000324. The molecular formula is C15H21KO3. The van der Waals surface area contributed by atoms with Crippen molar-refractivity contribution in [3.05, 3.63) is 29.3 Å². The maximum atomic E-state index is 11.5. The van der Waals surface area contributed by atoms with Crippen LogP contribution < -0.4 is 56.5 Å². The van der Waals surface area contributed by atoms with Crippen LogP contribution in [-0.4, -0.2) is 11.1 Å². The van der Waals surface area contributed by atoms with Crippen LogP contribution >= 0.6 is 0 Å². The summed E-state index contributed by atoms with van der Waals surface area (Å²) in [6.45, 7) is 2.18. The van der Waals surface area contributed by atoms with Crippen molar-refractivity contribution in [1.29, 1.82) is 0 Å². The van der Waals surface area contributed by atoms with Gasteiger partial charge in [-0.2, -0.15) is 0 Å². The van der Waals surface area contributed by atoms with Gasteiger partial charge in [0.2, 0.25) is 0 Å². The second kappa shape index (κ2) is 10.9. The molecule has 1 rings (SSSR count). The van der Waals surface area contributed by atoms with Gasteiger partial charge in [-0.25, -0.2) is 4.79 Å². The van der Waals surface area contributed by atoms with Crippen LogP contribution in [0.1, 0.15) is 61.4 Å². The van der Waals surface area contributed by atoms with E-state index in [0.717, 1.165) is 12.8 Å². The van der Waals surface area contributed by atoms with Crippen LogP contribution in [-0.2, 0) is 6.42 Å². The van der Waals surface area contributed by atoms with Gasteiger partial charge in [0.05, 0.1) is 5.56 Å². The van der Waals surface area contributed by atoms with Crippen molar-refractivity contribution >= 4 is 5.97 Å². The van der Waals surface area contributed by atoms with Crippen molar-refractivity contribution in [1.82, 2.24) is 0 Å². The summed E-state index contributed by atoms with van der Waals surface area (Å²) in [4.78, 5) is 11.0. The number of rotatable bonds is 8. The molecule has 3 nitrogen and oxygen atoms in total. The maximum Gasteiger partial charge on any atom is 1.00 e. The summed E-state index contributed by atoms with van der Waals surface area (Å²) in [5, 5.41) is 20.5. The van der Waals surface area contributed by atoms with Gasteiger partial charge in [0.1, 0.15) is 0 Å². The average molecular weight is 288 g/mol. The number of carbonyl (C=O) groups is 1. The van der Waals surface area contributed by atoms with Gasteiger partial charge >= 0.3 is 57.4 Å². The molecule has 1 N–H and O–H groups in total. The second-order valence-corrected chi connectivity index (χ2v) is 4.61. The number of carboxylic acids is 1. The molecule has 0 amide bonds. The van der Waals surface area contributed by atoms with Crippen molar-refractivity contribution < 1.29 is 66.4 Å². The van der Waals surface area contributed by atoms with Crippen LogP contribution in [0.15, 0.2) is 18.2 Å². The molecule has 1 aromatic carbocycles. The zero-order chi connectivity index (χ0) is 13.4. The molecule has 4 heteroatoms. The molecule has 100 valence electrons. The van der Waals surface area contributed by atoms with Gasteiger partial charge in [-0.1, -0.05) is 63.0 Å². The summed E-state index contributed by atoms with van der Waals surface area (Å²) in [5.41, 5.74) is 0.622. The summed E-state index contributed by atoms with van der Waals surface area (Å²) < 4.78 is 0.